The van der Waals surface area contributed by atoms with E-state index in [1.807, 2.05) is 13.8 Å². The quantitative estimate of drug-likeness (QED) is 0.712. The van der Waals surface area contributed by atoms with E-state index in [4.69, 9.17) is 4.74 Å². The van der Waals surface area contributed by atoms with Crippen LogP contribution in [0.15, 0.2) is 35.5 Å². The number of nitrogens with zero attached hydrogens (tertiary/aromatic N) is 3. The minimum atomic E-state index is -0.763. The lowest BCUT2D eigenvalue weighted by Gasteiger charge is -2.35. The first-order valence-corrected chi connectivity index (χ1v) is 9.67. The van der Waals surface area contributed by atoms with Crippen molar-refractivity contribution in [2.45, 2.75) is 33.4 Å². The molecule has 0 N–H and O–H groups in total. The van der Waals surface area contributed by atoms with E-state index in [9.17, 15) is 18.8 Å². The number of methoxy groups -OCH3 is 1. The van der Waals surface area contributed by atoms with Crippen molar-refractivity contribution in [1.29, 1.82) is 0 Å². The summed E-state index contributed by atoms with van der Waals surface area (Å²) in [6.07, 6.45) is 4.10. The monoisotopic (exact) mass is 417 g/mol. The topological polar surface area (TPSA) is 81.1 Å². The van der Waals surface area contributed by atoms with E-state index in [0.717, 1.165) is 6.07 Å². The number of esters is 1. The number of aromatic nitrogens is 1. The number of hydrogen-bond acceptors (Lipinski definition) is 6. The lowest BCUT2D eigenvalue weighted by molar-refractivity contribution is 0.0598. The molecule has 0 radical (unpaired) electrons. The molecule has 2 aromatic rings. The number of hydrogen-bond donors (Lipinski definition) is 0. The molecule has 1 aromatic heterocycles. The number of amides is 1. The largest absolute Gasteiger partial charge is 0.465 e. The lowest BCUT2D eigenvalue weighted by atomic mass is 10.1. The van der Waals surface area contributed by atoms with Gasteiger partial charge in [-0.1, -0.05) is 0 Å². The van der Waals surface area contributed by atoms with Crippen molar-refractivity contribution in [3.05, 3.63) is 52.3 Å². The van der Waals surface area contributed by atoms with Gasteiger partial charge < -0.3 is 18.9 Å². The molecule has 1 aromatic carbocycles. The van der Waals surface area contributed by atoms with Crippen molar-refractivity contribution in [2.75, 3.05) is 25.2 Å². The third kappa shape index (κ3) is 3.74. The molecule has 0 aliphatic carbocycles. The van der Waals surface area contributed by atoms with Crippen molar-refractivity contribution in [3.8, 4) is 0 Å². The van der Waals surface area contributed by atoms with Gasteiger partial charge in [0.15, 0.2) is 0 Å². The predicted molar refractivity (Wildman–Crippen MR) is 110 cm³/mol. The summed E-state index contributed by atoms with van der Waals surface area (Å²) in [6.45, 7) is 6.49. The smallest absolute Gasteiger partial charge is 0.414 e. The second-order valence-electron chi connectivity index (χ2n) is 6.88. The molecular weight excluding hydrogens is 393 g/mol. The second-order valence-corrected chi connectivity index (χ2v) is 6.88. The molecule has 1 unspecified atom stereocenters. The van der Waals surface area contributed by atoms with Crippen molar-refractivity contribution >= 4 is 28.7 Å². The molecule has 2 heterocycles. The Kier molecular flexibility index (Phi) is 6.09. The van der Waals surface area contributed by atoms with Crippen LogP contribution in [0.5, 0.6) is 0 Å². The Morgan fingerprint density at radius 1 is 1.23 bits per heavy atom. The van der Waals surface area contributed by atoms with Crippen LogP contribution in [0.1, 0.15) is 31.1 Å². The number of benzene rings is 1. The van der Waals surface area contributed by atoms with Crippen LogP contribution in [0.2, 0.25) is 0 Å². The molecule has 0 fully saturated rings. The molecule has 0 saturated carbocycles. The fourth-order valence-electron chi connectivity index (χ4n) is 3.49. The summed E-state index contributed by atoms with van der Waals surface area (Å²) in [4.78, 5) is 39.8. The number of halogens is 1. The number of anilines is 1. The van der Waals surface area contributed by atoms with Crippen molar-refractivity contribution in [3.63, 3.8) is 0 Å². The van der Waals surface area contributed by atoms with Gasteiger partial charge in [-0.2, -0.15) is 0 Å². The van der Waals surface area contributed by atoms with E-state index in [1.165, 1.54) is 18.2 Å². The summed E-state index contributed by atoms with van der Waals surface area (Å²) >= 11 is 0. The van der Waals surface area contributed by atoms with Crippen LogP contribution < -0.4 is 10.3 Å². The molecular formula is C21H24FN3O5. The molecule has 30 heavy (non-hydrogen) atoms. The zero-order valence-electron chi connectivity index (χ0n) is 17.3. The highest BCUT2D eigenvalue weighted by molar-refractivity contribution is 5.94. The van der Waals surface area contributed by atoms with Gasteiger partial charge in [-0.05, 0) is 32.9 Å². The summed E-state index contributed by atoms with van der Waals surface area (Å²) in [5.41, 5.74) is 0.0422. The van der Waals surface area contributed by atoms with Gasteiger partial charge >= 0.3 is 12.1 Å². The first-order chi connectivity index (χ1) is 14.3. The Hall–Kier alpha value is -3.36. The fraction of sp³-hybridized carbons (Fsp3) is 0.381. The maximum Gasteiger partial charge on any atom is 0.414 e. The highest BCUT2D eigenvalue weighted by Gasteiger charge is 2.27. The van der Waals surface area contributed by atoms with E-state index >= 15 is 0 Å². The Morgan fingerprint density at radius 2 is 1.97 bits per heavy atom. The summed E-state index contributed by atoms with van der Waals surface area (Å²) in [5.74, 6) is -1.37. The number of aryl methyl sites for hydroxylation is 1. The average molecular weight is 417 g/mol. The number of carbonyl (C=O) groups excluding carboxylic acids is 2. The minimum absolute atomic E-state index is 0.100. The van der Waals surface area contributed by atoms with Gasteiger partial charge in [-0.25, -0.2) is 14.0 Å². The average Bonchev–Trinajstić information content (AvgIpc) is 2.73. The number of pyridine rings is 1. The highest BCUT2D eigenvalue weighted by Crippen LogP contribution is 2.28. The Balaban J connectivity index is 2.08. The van der Waals surface area contributed by atoms with Crippen molar-refractivity contribution in [2.24, 2.45) is 0 Å². The number of rotatable bonds is 4. The van der Waals surface area contributed by atoms with Gasteiger partial charge in [0.05, 0.1) is 31.0 Å². The summed E-state index contributed by atoms with van der Waals surface area (Å²) < 4.78 is 26.4. The van der Waals surface area contributed by atoms with Gasteiger partial charge in [-0.15, -0.1) is 0 Å². The third-order valence-corrected chi connectivity index (χ3v) is 5.03. The summed E-state index contributed by atoms with van der Waals surface area (Å²) in [7, 11) is 1.19. The third-order valence-electron chi connectivity index (χ3n) is 5.03. The van der Waals surface area contributed by atoms with Gasteiger partial charge in [0.2, 0.25) is 5.43 Å². The maximum atomic E-state index is 15.0. The van der Waals surface area contributed by atoms with E-state index in [-0.39, 0.29) is 29.3 Å². The zero-order valence-corrected chi connectivity index (χ0v) is 17.3. The molecule has 1 atom stereocenters. The normalized spacial score (nSPS) is 16.1. The standard InChI is InChI=1S/C21H24FN3O5/c1-5-23-12-15(20(27)29-4)19(26)14-9-16(22)18(10-17(14)23)24-7-8-25(13(3)11-24)21(28)30-6-2/h7-10,12-13H,5-6,11H2,1-4H3. The molecule has 3 rings (SSSR count). The Labute approximate surface area is 173 Å². The zero-order chi connectivity index (χ0) is 22.0. The SMILES string of the molecule is CCOC(=O)N1C=CN(c2cc3c(cc2F)c(=O)c(C(=O)OC)cn3CC)CC1C. The lowest BCUT2D eigenvalue weighted by Crippen LogP contribution is -2.45. The molecule has 160 valence electrons. The molecule has 1 amide bonds. The van der Waals surface area contributed by atoms with Crippen LogP contribution in [-0.4, -0.2) is 47.8 Å². The van der Waals surface area contributed by atoms with E-state index < -0.39 is 23.3 Å². The molecule has 0 saturated heterocycles. The minimum Gasteiger partial charge on any atom is -0.465 e. The van der Waals surface area contributed by atoms with Gasteiger partial charge in [0.1, 0.15) is 11.4 Å². The van der Waals surface area contributed by atoms with Crippen LogP contribution in [0, 0.1) is 5.82 Å². The number of carbonyl (C=O) groups is 2. The maximum absolute atomic E-state index is 15.0. The van der Waals surface area contributed by atoms with E-state index in [1.54, 1.807) is 34.9 Å². The molecule has 0 spiro atoms. The van der Waals surface area contributed by atoms with Crippen LogP contribution >= 0.6 is 0 Å². The first-order valence-electron chi connectivity index (χ1n) is 9.67. The molecule has 1 aliphatic rings. The summed E-state index contributed by atoms with van der Waals surface area (Å²) in [6, 6.07) is 2.47. The van der Waals surface area contributed by atoms with Gasteiger partial charge in [0, 0.05) is 37.1 Å². The van der Waals surface area contributed by atoms with E-state index in [2.05, 4.69) is 4.74 Å². The van der Waals surface area contributed by atoms with Crippen LogP contribution in [0.25, 0.3) is 10.9 Å². The fourth-order valence-corrected chi connectivity index (χ4v) is 3.49. The highest BCUT2D eigenvalue weighted by atomic mass is 19.1. The molecule has 1 aliphatic heterocycles. The Bertz CT molecular complexity index is 1080. The molecule has 9 heteroatoms. The van der Waals surface area contributed by atoms with E-state index in [0.29, 0.717) is 18.6 Å². The van der Waals surface area contributed by atoms with Crippen molar-refractivity contribution in [1.82, 2.24) is 9.47 Å². The van der Waals surface area contributed by atoms with Crippen molar-refractivity contribution < 1.29 is 23.5 Å². The second kappa shape index (κ2) is 8.56. The van der Waals surface area contributed by atoms with Gasteiger partial charge in [-0.3, -0.25) is 9.69 Å². The first kappa shape index (κ1) is 21.4. The number of ether oxygens (including phenoxy) is 2. The van der Waals surface area contributed by atoms with Gasteiger partial charge in [0.25, 0.3) is 0 Å². The van der Waals surface area contributed by atoms with Crippen LogP contribution in [0.3, 0.4) is 0 Å². The molecule has 8 nitrogen and oxygen atoms in total. The van der Waals surface area contributed by atoms with Crippen LogP contribution in [0.4, 0.5) is 14.9 Å². The van der Waals surface area contributed by atoms with Crippen LogP contribution in [-0.2, 0) is 16.0 Å². The predicted octanol–water partition coefficient (Wildman–Crippen LogP) is 3.09. The number of fused-ring (bicyclic) bond motifs is 1. The molecule has 0 bridgehead atoms. The Morgan fingerprint density at radius 3 is 2.57 bits per heavy atom. The summed E-state index contributed by atoms with van der Waals surface area (Å²) in [5, 5.41) is 0.100.